The molecule has 2 atom stereocenters. The minimum atomic E-state index is -1.04. The molecule has 0 fully saturated rings. The maximum absolute atomic E-state index is 11.7. The van der Waals surface area contributed by atoms with Crippen LogP contribution in [0.25, 0.3) is 0 Å². The second kappa shape index (κ2) is 9.60. The zero-order valence-electron chi connectivity index (χ0n) is 11.1. The molecule has 0 aliphatic rings. The van der Waals surface area contributed by atoms with Gasteiger partial charge in [0, 0.05) is 13.3 Å². The van der Waals surface area contributed by atoms with Crippen LogP contribution in [0.3, 0.4) is 0 Å². The average molecular weight is 276 g/mol. The number of aliphatic hydroxyl groups is 2. The molecule has 0 aliphatic heterocycles. The molecule has 0 aromatic rings. The summed E-state index contributed by atoms with van der Waals surface area (Å²) in [5.74, 6) is -1.79. The van der Waals surface area contributed by atoms with Gasteiger partial charge in [0.15, 0.2) is 5.78 Å². The first kappa shape index (κ1) is 17.7. The van der Waals surface area contributed by atoms with E-state index < -0.39 is 30.8 Å². The van der Waals surface area contributed by atoms with Crippen molar-refractivity contribution in [3.05, 3.63) is 0 Å². The van der Waals surface area contributed by atoms with Crippen LogP contribution in [0.1, 0.15) is 33.1 Å². The van der Waals surface area contributed by atoms with E-state index in [0.29, 0.717) is 6.42 Å². The van der Waals surface area contributed by atoms with Gasteiger partial charge in [-0.2, -0.15) is 0 Å². The first-order valence-corrected chi connectivity index (χ1v) is 6.05. The molecular weight excluding hydrogens is 256 g/mol. The maximum Gasteiger partial charge on any atom is 0.313 e. The van der Waals surface area contributed by atoms with E-state index in [0.717, 1.165) is 6.92 Å². The first-order valence-electron chi connectivity index (χ1n) is 6.05. The van der Waals surface area contributed by atoms with Gasteiger partial charge in [-0.05, 0) is 6.42 Å². The Morgan fingerprint density at radius 1 is 1.21 bits per heavy atom. The molecule has 110 valence electrons. The van der Waals surface area contributed by atoms with Crippen molar-refractivity contribution < 1.29 is 34.1 Å². The van der Waals surface area contributed by atoms with E-state index >= 15 is 0 Å². The highest BCUT2D eigenvalue weighted by Gasteiger charge is 2.20. The molecule has 0 rings (SSSR count). The number of Topliss-reactive ketones (excluding diaryl/α,β-unsaturated/α-hetero) is 1. The van der Waals surface area contributed by atoms with E-state index in [9.17, 15) is 14.4 Å². The molecule has 0 saturated carbocycles. The third-order valence-corrected chi connectivity index (χ3v) is 2.26. The normalized spacial score (nSPS) is 13.7. The monoisotopic (exact) mass is 276 g/mol. The SMILES string of the molecule is CCC(OCC(O)CO)C(=O)CCC(=O)OC(C)=O. The highest BCUT2D eigenvalue weighted by Crippen LogP contribution is 2.06. The van der Waals surface area contributed by atoms with Crippen molar-refractivity contribution in [1.29, 1.82) is 0 Å². The minimum Gasteiger partial charge on any atom is -0.394 e. The quantitative estimate of drug-likeness (QED) is 0.434. The Balaban J connectivity index is 4.07. The largest absolute Gasteiger partial charge is 0.394 e. The molecule has 0 saturated heterocycles. The summed E-state index contributed by atoms with van der Waals surface area (Å²) in [6, 6.07) is 0. The zero-order chi connectivity index (χ0) is 14.8. The summed E-state index contributed by atoms with van der Waals surface area (Å²) in [5.41, 5.74) is 0. The highest BCUT2D eigenvalue weighted by atomic mass is 16.6. The van der Waals surface area contributed by atoms with E-state index in [1.165, 1.54) is 0 Å². The van der Waals surface area contributed by atoms with Crippen LogP contribution in [-0.2, 0) is 23.9 Å². The van der Waals surface area contributed by atoms with Crippen LogP contribution in [-0.4, -0.2) is 53.4 Å². The lowest BCUT2D eigenvalue weighted by molar-refractivity contribution is -0.159. The van der Waals surface area contributed by atoms with E-state index in [2.05, 4.69) is 4.74 Å². The molecule has 0 radical (unpaired) electrons. The van der Waals surface area contributed by atoms with Gasteiger partial charge in [-0.3, -0.25) is 14.4 Å². The van der Waals surface area contributed by atoms with Gasteiger partial charge in [0.2, 0.25) is 0 Å². The fourth-order valence-electron chi connectivity index (χ4n) is 1.32. The van der Waals surface area contributed by atoms with E-state index in [-0.39, 0.29) is 25.2 Å². The predicted molar refractivity (Wildman–Crippen MR) is 64.1 cm³/mol. The van der Waals surface area contributed by atoms with Crippen LogP contribution in [0.5, 0.6) is 0 Å². The van der Waals surface area contributed by atoms with Gasteiger partial charge < -0.3 is 19.7 Å². The lowest BCUT2D eigenvalue weighted by Gasteiger charge is -2.16. The molecule has 7 heteroatoms. The van der Waals surface area contributed by atoms with Gasteiger partial charge >= 0.3 is 11.9 Å². The molecule has 0 aliphatic carbocycles. The molecule has 2 N–H and O–H groups in total. The van der Waals surface area contributed by atoms with Crippen LogP contribution in [0, 0.1) is 0 Å². The van der Waals surface area contributed by atoms with Crippen molar-refractivity contribution >= 4 is 17.7 Å². The topological polar surface area (TPSA) is 110 Å². The predicted octanol–water partition coefficient (Wildman–Crippen LogP) is -0.426. The Labute approximate surface area is 111 Å². The van der Waals surface area contributed by atoms with E-state index in [1.54, 1.807) is 6.92 Å². The number of ketones is 1. The number of esters is 2. The van der Waals surface area contributed by atoms with E-state index in [1.807, 2.05) is 0 Å². The summed E-state index contributed by atoms with van der Waals surface area (Å²) in [6.07, 6.45) is -1.68. The molecule has 0 heterocycles. The Hall–Kier alpha value is -1.31. The average Bonchev–Trinajstić information content (AvgIpc) is 2.35. The standard InChI is InChI=1S/C12H20O7/c1-3-11(18-7-9(15)6-13)10(16)4-5-12(17)19-8(2)14/h9,11,13,15H,3-7H2,1-2H3. The molecule has 0 amide bonds. The van der Waals surface area contributed by atoms with Gasteiger partial charge in [0.1, 0.15) is 12.2 Å². The second-order valence-electron chi connectivity index (χ2n) is 4.00. The molecule has 7 nitrogen and oxygen atoms in total. The van der Waals surface area contributed by atoms with Crippen molar-refractivity contribution in [3.8, 4) is 0 Å². The lowest BCUT2D eigenvalue weighted by atomic mass is 10.1. The summed E-state index contributed by atoms with van der Waals surface area (Å²) in [7, 11) is 0. The number of hydrogen-bond donors (Lipinski definition) is 2. The fraction of sp³-hybridized carbons (Fsp3) is 0.750. The summed E-state index contributed by atoms with van der Waals surface area (Å²) in [4.78, 5) is 33.3. The van der Waals surface area contributed by atoms with E-state index in [4.69, 9.17) is 14.9 Å². The number of aliphatic hydroxyl groups excluding tert-OH is 2. The molecule has 2 unspecified atom stereocenters. The van der Waals surface area contributed by atoms with Gasteiger partial charge in [-0.25, -0.2) is 0 Å². The van der Waals surface area contributed by atoms with Crippen LogP contribution >= 0.6 is 0 Å². The van der Waals surface area contributed by atoms with Crippen molar-refractivity contribution in [2.24, 2.45) is 0 Å². The third-order valence-electron chi connectivity index (χ3n) is 2.26. The first-order chi connectivity index (χ1) is 8.90. The van der Waals surface area contributed by atoms with Crippen LogP contribution in [0.2, 0.25) is 0 Å². The van der Waals surface area contributed by atoms with Crippen molar-refractivity contribution in [1.82, 2.24) is 0 Å². The van der Waals surface area contributed by atoms with Crippen LogP contribution in [0.4, 0.5) is 0 Å². The lowest BCUT2D eigenvalue weighted by Crippen LogP contribution is -2.29. The Kier molecular flexibility index (Phi) is 8.94. The number of carbonyl (C=O) groups is 3. The van der Waals surface area contributed by atoms with Gasteiger partial charge in [0.05, 0.1) is 19.6 Å². The van der Waals surface area contributed by atoms with Gasteiger partial charge in [0.25, 0.3) is 0 Å². The van der Waals surface area contributed by atoms with Gasteiger partial charge in [-0.1, -0.05) is 6.92 Å². The Morgan fingerprint density at radius 3 is 2.32 bits per heavy atom. The molecular formula is C12H20O7. The fourth-order valence-corrected chi connectivity index (χ4v) is 1.32. The van der Waals surface area contributed by atoms with Crippen molar-refractivity contribution in [3.63, 3.8) is 0 Å². The molecule has 0 aromatic heterocycles. The Morgan fingerprint density at radius 2 is 1.84 bits per heavy atom. The number of rotatable bonds is 9. The third kappa shape index (κ3) is 8.41. The molecule has 0 bridgehead atoms. The molecule has 0 spiro atoms. The van der Waals surface area contributed by atoms with Gasteiger partial charge in [-0.15, -0.1) is 0 Å². The molecule has 19 heavy (non-hydrogen) atoms. The summed E-state index contributed by atoms with van der Waals surface area (Å²) in [6.45, 7) is 2.23. The van der Waals surface area contributed by atoms with Crippen molar-refractivity contribution in [2.45, 2.75) is 45.3 Å². The number of hydrogen-bond acceptors (Lipinski definition) is 7. The minimum absolute atomic E-state index is 0.0974. The maximum atomic E-state index is 11.7. The zero-order valence-corrected chi connectivity index (χ0v) is 11.1. The summed E-state index contributed by atoms with van der Waals surface area (Å²) >= 11 is 0. The number of ether oxygens (including phenoxy) is 2. The van der Waals surface area contributed by atoms with Crippen molar-refractivity contribution in [2.75, 3.05) is 13.2 Å². The highest BCUT2D eigenvalue weighted by molar-refractivity contribution is 5.89. The number of carbonyl (C=O) groups excluding carboxylic acids is 3. The molecule has 0 aromatic carbocycles. The second-order valence-corrected chi connectivity index (χ2v) is 4.00. The smallest absolute Gasteiger partial charge is 0.313 e. The Bertz CT molecular complexity index is 313. The van der Waals surface area contributed by atoms with Crippen LogP contribution < -0.4 is 0 Å². The summed E-state index contributed by atoms with van der Waals surface area (Å²) < 4.78 is 9.43. The van der Waals surface area contributed by atoms with Crippen LogP contribution in [0.15, 0.2) is 0 Å². The summed E-state index contributed by atoms with van der Waals surface area (Å²) in [5, 5.41) is 17.7.